The van der Waals surface area contributed by atoms with E-state index in [2.05, 4.69) is 21.2 Å². The first-order valence-corrected chi connectivity index (χ1v) is 6.30. The van der Waals surface area contributed by atoms with Gasteiger partial charge in [0.15, 0.2) is 0 Å². The van der Waals surface area contributed by atoms with Gasteiger partial charge >= 0.3 is 0 Å². The van der Waals surface area contributed by atoms with Crippen LogP contribution in [0.3, 0.4) is 0 Å². The highest BCUT2D eigenvalue weighted by Gasteiger charge is 2.74. The van der Waals surface area contributed by atoms with Crippen LogP contribution in [0.15, 0.2) is 16.6 Å². The maximum atomic E-state index is 13.6. The molecule has 1 amide bonds. The second kappa shape index (κ2) is 3.51. The summed E-state index contributed by atoms with van der Waals surface area (Å²) in [4.78, 5) is 11.8. The Morgan fingerprint density at radius 2 is 2.11 bits per heavy atom. The fraction of sp³-hybridized carbons (Fsp3) is 0.417. The number of carbonyl (C=O) groups is 1. The van der Waals surface area contributed by atoms with Crippen molar-refractivity contribution < 1.29 is 18.7 Å². The molecule has 1 aliphatic heterocycles. The molecule has 1 fully saturated rings. The summed E-state index contributed by atoms with van der Waals surface area (Å²) in [5.41, 5.74) is -0.148. The van der Waals surface area contributed by atoms with Crippen molar-refractivity contribution >= 4 is 21.8 Å². The zero-order valence-electron chi connectivity index (χ0n) is 9.27. The van der Waals surface area contributed by atoms with Crippen LogP contribution in [0.25, 0.3) is 0 Å². The minimum absolute atomic E-state index is 0.0388. The first-order chi connectivity index (χ1) is 8.41. The van der Waals surface area contributed by atoms with Gasteiger partial charge in [0.05, 0.1) is 12.0 Å². The smallest absolute Gasteiger partial charge is 0.260 e. The zero-order valence-corrected chi connectivity index (χ0v) is 10.9. The highest BCUT2D eigenvalue weighted by Crippen LogP contribution is 2.64. The van der Waals surface area contributed by atoms with E-state index in [4.69, 9.17) is 5.11 Å². The molecule has 1 saturated carbocycles. The molecule has 3 nitrogen and oxygen atoms in total. The summed E-state index contributed by atoms with van der Waals surface area (Å²) in [6.45, 7) is -0.272. The number of amides is 1. The third-order valence-corrected chi connectivity index (χ3v) is 4.33. The van der Waals surface area contributed by atoms with Crippen LogP contribution in [-0.4, -0.2) is 23.5 Å². The minimum Gasteiger partial charge on any atom is -0.392 e. The van der Waals surface area contributed by atoms with E-state index in [0.29, 0.717) is 15.6 Å². The van der Waals surface area contributed by atoms with E-state index in [0.717, 1.165) is 0 Å². The third-order valence-electron chi connectivity index (χ3n) is 3.71. The van der Waals surface area contributed by atoms with Crippen LogP contribution < -0.4 is 5.32 Å². The van der Waals surface area contributed by atoms with Gasteiger partial charge in [-0.2, -0.15) is 0 Å². The Morgan fingerprint density at radius 1 is 1.44 bits per heavy atom. The van der Waals surface area contributed by atoms with Gasteiger partial charge in [-0.15, -0.1) is 0 Å². The number of carbonyl (C=O) groups excluding carboxylic acids is 1. The van der Waals surface area contributed by atoms with Gasteiger partial charge in [-0.25, -0.2) is 8.78 Å². The number of fused-ring (bicyclic) bond motifs is 2. The van der Waals surface area contributed by atoms with Crippen molar-refractivity contribution in [3.63, 3.8) is 0 Å². The van der Waals surface area contributed by atoms with Gasteiger partial charge in [-0.05, 0) is 23.3 Å². The van der Waals surface area contributed by atoms with Gasteiger partial charge in [-0.1, -0.05) is 15.9 Å². The summed E-state index contributed by atoms with van der Waals surface area (Å²) in [5.74, 6) is -3.15. The van der Waals surface area contributed by atoms with Gasteiger partial charge in [0.1, 0.15) is 0 Å². The lowest BCUT2D eigenvalue weighted by atomic mass is 9.86. The van der Waals surface area contributed by atoms with Crippen molar-refractivity contribution in [2.75, 3.05) is 6.54 Å². The van der Waals surface area contributed by atoms with E-state index >= 15 is 0 Å². The first-order valence-electron chi connectivity index (χ1n) is 5.51. The molecule has 1 spiro atoms. The zero-order chi connectivity index (χ0) is 13.1. The number of rotatable bonds is 1. The molecule has 96 valence electrons. The normalized spacial score (nSPS) is 27.9. The Balaban J connectivity index is 2.23. The molecule has 1 aliphatic carbocycles. The summed E-state index contributed by atoms with van der Waals surface area (Å²) in [6, 6.07) is 3.07. The van der Waals surface area contributed by atoms with E-state index in [1.807, 2.05) is 0 Å². The molecule has 1 atom stereocenters. The van der Waals surface area contributed by atoms with Crippen LogP contribution in [0.5, 0.6) is 0 Å². The molecular formula is C12H10BrF2NO2. The maximum Gasteiger partial charge on any atom is 0.260 e. The molecule has 1 aromatic carbocycles. The number of aliphatic hydroxyl groups is 1. The van der Waals surface area contributed by atoms with E-state index in [1.54, 1.807) is 6.07 Å². The maximum absolute atomic E-state index is 13.6. The number of hydrogen-bond acceptors (Lipinski definition) is 2. The number of halogens is 3. The van der Waals surface area contributed by atoms with Gasteiger partial charge in [0.2, 0.25) is 0 Å². The number of aliphatic hydroxyl groups excluding tert-OH is 1. The van der Waals surface area contributed by atoms with Gasteiger partial charge in [0.25, 0.3) is 11.8 Å². The molecule has 2 N–H and O–H groups in total. The van der Waals surface area contributed by atoms with Crippen molar-refractivity contribution in [2.24, 2.45) is 0 Å². The molecule has 6 heteroatoms. The van der Waals surface area contributed by atoms with Crippen LogP contribution >= 0.6 is 15.9 Å². The van der Waals surface area contributed by atoms with E-state index in [-0.39, 0.29) is 31.0 Å². The molecule has 18 heavy (non-hydrogen) atoms. The number of nitrogens with one attached hydrogen (secondary N) is 1. The largest absolute Gasteiger partial charge is 0.392 e. The summed E-state index contributed by atoms with van der Waals surface area (Å²) in [5, 5.41) is 11.6. The van der Waals surface area contributed by atoms with Crippen molar-refractivity contribution in [3.05, 3.63) is 33.3 Å². The lowest BCUT2D eigenvalue weighted by molar-refractivity contribution is 0.0780. The molecule has 2 aliphatic rings. The molecule has 1 heterocycles. The van der Waals surface area contributed by atoms with E-state index < -0.39 is 11.3 Å². The Kier molecular flexibility index (Phi) is 2.35. The second-order valence-corrected chi connectivity index (χ2v) is 5.66. The standard InChI is InChI=1S/C12H10BrF2NO2/c13-8-2-6(3-17)1-7-9(8)11(4-12(11,14)15)5-16-10(7)18/h1-2,17H,3-5H2,(H,16,18). The average molecular weight is 318 g/mol. The lowest BCUT2D eigenvalue weighted by Crippen LogP contribution is -2.42. The van der Waals surface area contributed by atoms with E-state index in [1.165, 1.54) is 6.07 Å². The van der Waals surface area contributed by atoms with Crippen molar-refractivity contribution in [3.8, 4) is 0 Å². The van der Waals surface area contributed by atoms with Gasteiger partial charge < -0.3 is 10.4 Å². The molecule has 3 rings (SSSR count). The predicted octanol–water partition coefficient (Wildman–Crippen LogP) is 1.96. The van der Waals surface area contributed by atoms with Gasteiger partial charge in [0, 0.05) is 23.0 Å². The number of benzene rings is 1. The fourth-order valence-corrected chi connectivity index (χ4v) is 3.52. The number of alkyl halides is 2. The molecule has 0 saturated heterocycles. The summed E-state index contributed by atoms with van der Waals surface area (Å²) in [7, 11) is 0. The van der Waals surface area contributed by atoms with Crippen molar-refractivity contribution in [1.29, 1.82) is 0 Å². The second-order valence-electron chi connectivity index (χ2n) is 4.80. The topological polar surface area (TPSA) is 49.3 Å². The molecule has 1 unspecified atom stereocenters. The molecule has 0 aromatic heterocycles. The third kappa shape index (κ3) is 1.39. The average Bonchev–Trinajstić information content (AvgIpc) is 2.86. The predicted molar refractivity (Wildman–Crippen MR) is 63.6 cm³/mol. The SMILES string of the molecule is O=C1NCC2(CC2(F)F)c2c(Br)cc(CO)cc21. The fourth-order valence-electron chi connectivity index (χ4n) is 2.63. The van der Waals surface area contributed by atoms with Crippen LogP contribution in [0.4, 0.5) is 8.78 Å². The quantitative estimate of drug-likeness (QED) is 0.832. The highest BCUT2D eigenvalue weighted by atomic mass is 79.9. The molecule has 0 bridgehead atoms. The van der Waals surface area contributed by atoms with Crippen LogP contribution in [0, 0.1) is 0 Å². The minimum atomic E-state index is -2.78. The molecule has 0 radical (unpaired) electrons. The first kappa shape index (κ1) is 12.0. The summed E-state index contributed by atoms with van der Waals surface area (Å²) in [6.07, 6.45) is -0.246. The van der Waals surface area contributed by atoms with Crippen LogP contribution in [0.1, 0.15) is 27.9 Å². The Labute approximate surface area is 110 Å². The van der Waals surface area contributed by atoms with Crippen LogP contribution in [0.2, 0.25) is 0 Å². The Morgan fingerprint density at radius 3 is 2.67 bits per heavy atom. The van der Waals surface area contributed by atoms with Crippen molar-refractivity contribution in [2.45, 2.75) is 24.4 Å². The summed E-state index contributed by atoms with van der Waals surface area (Å²) < 4.78 is 27.7. The Hall–Kier alpha value is -1.01. The monoisotopic (exact) mass is 317 g/mol. The summed E-state index contributed by atoms with van der Waals surface area (Å²) >= 11 is 3.24. The van der Waals surface area contributed by atoms with Crippen LogP contribution in [-0.2, 0) is 12.0 Å². The van der Waals surface area contributed by atoms with Crippen molar-refractivity contribution in [1.82, 2.24) is 5.32 Å². The Bertz CT molecular complexity index is 561. The molecule has 1 aromatic rings. The van der Waals surface area contributed by atoms with Gasteiger partial charge in [-0.3, -0.25) is 4.79 Å². The highest BCUT2D eigenvalue weighted by molar-refractivity contribution is 9.10. The lowest BCUT2D eigenvalue weighted by Gasteiger charge is -2.27. The van der Waals surface area contributed by atoms with E-state index in [9.17, 15) is 13.6 Å². The number of hydrogen-bond donors (Lipinski definition) is 2. The molecular weight excluding hydrogens is 308 g/mol.